The van der Waals surface area contributed by atoms with E-state index in [2.05, 4.69) is 16.0 Å². The molecule has 33 heavy (non-hydrogen) atoms. The van der Waals surface area contributed by atoms with Crippen LogP contribution < -0.4 is 16.0 Å². The Morgan fingerprint density at radius 2 is 1.79 bits per heavy atom. The molecule has 2 amide bonds. The average molecular weight is 502 g/mol. The third-order valence-corrected chi connectivity index (χ3v) is 5.15. The van der Waals surface area contributed by atoms with E-state index in [-0.39, 0.29) is 11.0 Å². The molecule has 3 rings (SSSR count). The van der Waals surface area contributed by atoms with Crippen LogP contribution in [0.4, 0.5) is 11.4 Å². The third-order valence-electron chi connectivity index (χ3n) is 4.37. The van der Waals surface area contributed by atoms with Crippen molar-refractivity contribution in [1.82, 2.24) is 5.32 Å². The SMILES string of the molecule is CCCC(=O)Nc1ccc(Cl)c(NC(=S)NC(=O)C=Cc2ccc(-c3ccc(Cl)cc3)o2)c1. The van der Waals surface area contributed by atoms with E-state index >= 15 is 0 Å². The lowest BCUT2D eigenvalue weighted by Gasteiger charge is -2.12. The molecular weight excluding hydrogens is 481 g/mol. The highest BCUT2D eigenvalue weighted by atomic mass is 35.5. The highest BCUT2D eigenvalue weighted by Crippen LogP contribution is 2.26. The Bertz CT molecular complexity index is 1190. The Hall–Kier alpha value is -3.13. The van der Waals surface area contributed by atoms with Gasteiger partial charge in [0.2, 0.25) is 11.8 Å². The van der Waals surface area contributed by atoms with Crippen molar-refractivity contribution < 1.29 is 14.0 Å². The minimum atomic E-state index is -0.444. The predicted molar refractivity (Wildman–Crippen MR) is 138 cm³/mol. The molecule has 0 fully saturated rings. The van der Waals surface area contributed by atoms with Crippen LogP contribution in [0.3, 0.4) is 0 Å². The largest absolute Gasteiger partial charge is 0.457 e. The molecule has 3 N–H and O–H groups in total. The minimum absolute atomic E-state index is 0.0601. The number of furan rings is 1. The Morgan fingerprint density at radius 1 is 1.03 bits per heavy atom. The fourth-order valence-electron chi connectivity index (χ4n) is 2.83. The maximum Gasteiger partial charge on any atom is 0.250 e. The highest BCUT2D eigenvalue weighted by molar-refractivity contribution is 7.80. The first-order chi connectivity index (χ1) is 15.8. The standard InChI is InChI=1S/C24H21Cl2N3O3S/c1-2-3-22(30)27-17-8-11-19(26)20(14-17)28-24(33)29-23(31)13-10-18-9-12-21(32-18)15-4-6-16(25)7-5-15/h4-14H,2-3H2,1H3,(H,27,30)(H2,28,29,31,33). The van der Waals surface area contributed by atoms with Gasteiger partial charge < -0.3 is 15.1 Å². The number of nitrogens with one attached hydrogen (secondary N) is 3. The van der Waals surface area contributed by atoms with Gasteiger partial charge in [-0.2, -0.15) is 0 Å². The van der Waals surface area contributed by atoms with Crippen molar-refractivity contribution in [2.45, 2.75) is 19.8 Å². The Morgan fingerprint density at radius 3 is 2.52 bits per heavy atom. The molecule has 0 aliphatic heterocycles. The molecule has 6 nitrogen and oxygen atoms in total. The monoisotopic (exact) mass is 501 g/mol. The van der Waals surface area contributed by atoms with Crippen LogP contribution >= 0.6 is 35.4 Å². The number of thiocarbonyl (C=S) groups is 1. The van der Waals surface area contributed by atoms with Crippen molar-refractivity contribution in [3.63, 3.8) is 0 Å². The fraction of sp³-hybridized carbons (Fsp3) is 0.125. The molecule has 1 aromatic heterocycles. The summed E-state index contributed by atoms with van der Waals surface area (Å²) in [5, 5.41) is 9.28. The van der Waals surface area contributed by atoms with Gasteiger partial charge >= 0.3 is 0 Å². The number of rotatable bonds is 7. The molecule has 0 saturated heterocycles. The zero-order valence-corrected chi connectivity index (χ0v) is 20.0. The molecule has 0 saturated carbocycles. The summed E-state index contributed by atoms with van der Waals surface area (Å²) in [5.41, 5.74) is 1.90. The maximum absolute atomic E-state index is 12.2. The number of carbonyl (C=O) groups is 2. The highest BCUT2D eigenvalue weighted by Gasteiger charge is 2.09. The zero-order valence-electron chi connectivity index (χ0n) is 17.7. The van der Waals surface area contributed by atoms with Gasteiger partial charge in [0.15, 0.2) is 5.11 Å². The third kappa shape index (κ3) is 7.46. The summed E-state index contributed by atoms with van der Waals surface area (Å²) in [7, 11) is 0. The number of anilines is 2. The molecule has 2 aromatic carbocycles. The van der Waals surface area contributed by atoms with E-state index in [0.29, 0.717) is 39.4 Å². The lowest BCUT2D eigenvalue weighted by atomic mass is 10.2. The summed E-state index contributed by atoms with van der Waals surface area (Å²) >= 11 is 17.3. The van der Waals surface area contributed by atoms with E-state index in [0.717, 1.165) is 12.0 Å². The van der Waals surface area contributed by atoms with Crippen LogP contribution in [0, 0.1) is 0 Å². The number of hydrogen-bond donors (Lipinski definition) is 3. The van der Waals surface area contributed by atoms with Crippen molar-refractivity contribution >= 4 is 69.8 Å². The van der Waals surface area contributed by atoms with Crippen molar-refractivity contribution in [1.29, 1.82) is 0 Å². The van der Waals surface area contributed by atoms with Crippen molar-refractivity contribution in [3.8, 4) is 11.3 Å². The average Bonchev–Trinajstić information content (AvgIpc) is 3.24. The van der Waals surface area contributed by atoms with Gasteiger partial charge in [0.1, 0.15) is 11.5 Å². The number of benzene rings is 2. The predicted octanol–water partition coefficient (Wildman–Crippen LogP) is 6.52. The minimum Gasteiger partial charge on any atom is -0.457 e. The first kappa shape index (κ1) is 24.5. The first-order valence-corrected chi connectivity index (χ1v) is 11.3. The smallest absolute Gasteiger partial charge is 0.250 e. The van der Waals surface area contributed by atoms with E-state index in [1.54, 1.807) is 42.5 Å². The summed E-state index contributed by atoms with van der Waals surface area (Å²) < 4.78 is 5.73. The van der Waals surface area contributed by atoms with E-state index in [9.17, 15) is 9.59 Å². The molecule has 0 unspecified atom stereocenters. The van der Waals surface area contributed by atoms with Gasteiger partial charge in [0, 0.05) is 28.8 Å². The van der Waals surface area contributed by atoms with Crippen LogP contribution in [-0.4, -0.2) is 16.9 Å². The lowest BCUT2D eigenvalue weighted by Crippen LogP contribution is -2.32. The van der Waals surface area contributed by atoms with E-state index in [1.807, 2.05) is 19.1 Å². The Balaban J connectivity index is 1.57. The number of halogens is 2. The van der Waals surface area contributed by atoms with Crippen LogP contribution in [0.5, 0.6) is 0 Å². The van der Waals surface area contributed by atoms with Crippen LogP contribution in [-0.2, 0) is 9.59 Å². The zero-order chi connectivity index (χ0) is 23.8. The molecule has 1 heterocycles. The van der Waals surface area contributed by atoms with Crippen LogP contribution in [0.25, 0.3) is 17.4 Å². The van der Waals surface area contributed by atoms with E-state index in [1.165, 1.54) is 12.2 Å². The van der Waals surface area contributed by atoms with Crippen molar-refractivity contribution in [2.24, 2.45) is 0 Å². The second-order valence-corrected chi connectivity index (χ2v) is 8.23. The molecule has 0 spiro atoms. The van der Waals surface area contributed by atoms with Crippen molar-refractivity contribution in [2.75, 3.05) is 10.6 Å². The molecule has 0 aliphatic rings. The van der Waals surface area contributed by atoms with Gasteiger partial charge in [-0.1, -0.05) is 30.1 Å². The molecule has 3 aromatic rings. The Kier molecular flexibility index (Phi) is 8.65. The molecule has 0 aliphatic carbocycles. The van der Waals surface area contributed by atoms with Gasteiger partial charge in [0.25, 0.3) is 0 Å². The molecular formula is C24H21Cl2N3O3S. The summed E-state index contributed by atoms with van der Waals surface area (Å²) in [5.74, 6) is 0.626. The normalized spacial score (nSPS) is 10.8. The summed E-state index contributed by atoms with van der Waals surface area (Å²) in [6.07, 6.45) is 4.01. The van der Waals surface area contributed by atoms with Gasteiger partial charge in [-0.05, 0) is 79.3 Å². The van der Waals surface area contributed by atoms with Gasteiger partial charge in [0.05, 0.1) is 10.7 Å². The number of amides is 2. The van der Waals surface area contributed by atoms with E-state index < -0.39 is 5.91 Å². The summed E-state index contributed by atoms with van der Waals surface area (Å²) in [6, 6.07) is 15.8. The van der Waals surface area contributed by atoms with Crippen molar-refractivity contribution in [3.05, 3.63) is 76.5 Å². The molecule has 0 radical (unpaired) electrons. The van der Waals surface area contributed by atoms with Crippen LogP contribution in [0.15, 0.2) is 65.1 Å². The molecule has 0 bridgehead atoms. The van der Waals surface area contributed by atoms with Gasteiger partial charge in [-0.3, -0.25) is 14.9 Å². The lowest BCUT2D eigenvalue weighted by molar-refractivity contribution is -0.116. The topological polar surface area (TPSA) is 83.4 Å². The quantitative estimate of drug-likeness (QED) is 0.253. The van der Waals surface area contributed by atoms with Crippen LogP contribution in [0.1, 0.15) is 25.5 Å². The first-order valence-electron chi connectivity index (χ1n) is 10.1. The maximum atomic E-state index is 12.2. The van der Waals surface area contributed by atoms with Crippen LogP contribution in [0.2, 0.25) is 10.0 Å². The summed E-state index contributed by atoms with van der Waals surface area (Å²) in [6.45, 7) is 1.93. The van der Waals surface area contributed by atoms with Gasteiger partial charge in [-0.15, -0.1) is 0 Å². The van der Waals surface area contributed by atoms with E-state index in [4.69, 9.17) is 39.8 Å². The number of hydrogen-bond acceptors (Lipinski definition) is 4. The Labute approximate surface area is 207 Å². The van der Waals surface area contributed by atoms with Gasteiger partial charge in [-0.25, -0.2) is 0 Å². The second kappa shape index (κ2) is 11.7. The molecule has 170 valence electrons. The molecule has 0 atom stereocenters. The molecule has 9 heteroatoms. The number of carbonyl (C=O) groups excluding carboxylic acids is 2. The fourth-order valence-corrected chi connectivity index (χ4v) is 3.33. The second-order valence-electron chi connectivity index (χ2n) is 6.98. The summed E-state index contributed by atoms with van der Waals surface area (Å²) in [4.78, 5) is 24.0.